The van der Waals surface area contributed by atoms with Crippen LogP contribution in [0.4, 0.5) is 4.39 Å². The van der Waals surface area contributed by atoms with Gasteiger partial charge in [-0.05, 0) is 35.9 Å². The van der Waals surface area contributed by atoms with Crippen LogP contribution in [0.3, 0.4) is 0 Å². The van der Waals surface area contributed by atoms with Crippen LogP contribution >= 0.6 is 11.8 Å². The molecule has 5 heteroatoms. The van der Waals surface area contributed by atoms with Crippen molar-refractivity contribution in [3.05, 3.63) is 59.3 Å². The van der Waals surface area contributed by atoms with Crippen LogP contribution in [0.2, 0.25) is 0 Å². The number of carbonyl (C=O) groups is 1. The fourth-order valence-corrected chi connectivity index (χ4v) is 2.39. The van der Waals surface area contributed by atoms with E-state index in [4.69, 9.17) is 9.52 Å². The summed E-state index contributed by atoms with van der Waals surface area (Å²) in [5.41, 5.74) is 0.632. The molecule has 0 unspecified atom stereocenters. The van der Waals surface area contributed by atoms with Crippen molar-refractivity contribution in [2.45, 2.75) is 11.5 Å². The lowest BCUT2D eigenvalue weighted by molar-refractivity contribution is 0.0696. The van der Waals surface area contributed by atoms with Crippen molar-refractivity contribution in [1.82, 2.24) is 0 Å². The van der Waals surface area contributed by atoms with Gasteiger partial charge in [0.25, 0.3) is 0 Å². The molecule has 1 heterocycles. The number of rotatable bonds is 5. The SMILES string of the molecule is O=C(O)c1cc(F)cc(CSCc2ccco2)c1. The van der Waals surface area contributed by atoms with E-state index in [0.717, 1.165) is 11.8 Å². The fourth-order valence-electron chi connectivity index (χ4n) is 1.52. The van der Waals surface area contributed by atoms with E-state index in [1.54, 1.807) is 12.3 Å². The van der Waals surface area contributed by atoms with E-state index in [1.807, 2.05) is 6.07 Å². The average Bonchev–Trinajstić information content (AvgIpc) is 2.81. The third-order valence-electron chi connectivity index (χ3n) is 2.30. The van der Waals surface area contributed by atoms with Crippen LogP contribution in [-0.2, 0) is 11.5 Å². The third kappa shape index (κ3) is 3.37. The van der Waals surface area contributed by atoms with Crippen molar-refractivity contribution >= 4 is 17.7 Å². The fraction of sp³-hybridized carbons (Fsp3) is 0.154. The first kappa shape index (κ1) is 12.7. The standard InChI is InChI=1S/C13H11FO3S/c14-11-5-9(4-10(6-11)13(15)16)7-18-8-12-2-1-3-17-12/h1-6H,7-8H2,(H,15,16). The van der Waals surface area contributed by atoms with E-state index in [-0.39, 0.29) is 5.56 Å². The molecule has 0 fully saturated rings. The summed E-state index contributed by atoms with van der Waals surface area (Å²) in [6.07, 6.45) is 1.60. The molecular formula is C13H11FO3S. The van der Waals surface area contributed by atoms with Crippen LogP contribution in [0.25, 0.3) is 0 Å². The summed E-state index contributed by atoms with van der Waals surface area (Å²) in [7, 11) is 0. The van der Waals surface area contributed by atoms with Gasteiger partial charge in [-0.1, -0.05) is 0 Å². The van der Waals surface area contributed by atoms with Crippen LogP contribution in [0.5, 0.6) is 0 Å². The van der Waals surface area contributed by atoms with E-state index in [0.29, 0.717) is 17.1 Å². The summed E-state index contributed by atoms with van der Waals surface area (Å²) in [5, 5.41) is 8.82. The van der Waals surface area contributed by atoms with Gasteiger partial charge in [0, 0.05) is 5.75 Å². The molecule has 0 aliphatic rings. The lowest BCUT2D eigenvalue weighted by Crippen LogP contribution is -1.98. The van der Waals surface area contributed by atoms with Gasteiger partial charge < -0.3 is 9.52 Å². The second kappa shape index (κ2) is 5.73. The molecular weight excluding hydrogens is 255 g/mol. The predicted molar refractivity (Wildman–Crippen MR) is 67.1 cm³/mol. The molecule has 1 aromatic carbocycles. The van der Waals surface area contributed by atoms with Gasteiger partial charge in [0.1, 0.15) is 11.6 Å². The van der Waals surface area contributed by atoms with Gasteiger partial charge >= 0.3 is 5.97 Å². The zero-order chi connectivity index (χ0) is 13.0. The van der Waals surface area contributed by atoms with Crippen LogP contribution in [-0.4, -0.2) is 11.1 Å². The Balaban J connectivity index is 1.98. The van der Waals surface area contributed by atoms with Crippen LogP contribution in [0.15, 0.2) is 41.0 Å². The molecule has 0 aliphatic heterocycles. The summed E-state index contributed by atoms with van der Waals surface area (Å²) in [4.78, 5) is 10.8. The molecule has 0 amide bonds. The van der Waals surface area contributed by atoms with E-state index >= 15 is 0 Å². The lowest BCUT2D eigenvalue weighted by atomic mass is 10.1. The maximum Gasteiger partial charge on any atom is 0.335 e. The van der Waals surface area contributed by atoms with Gasteiger partial charge in [0.15, 0.2) is 0 Å². The molecule has 3 nitrogen and oxygen atoms in total. The number of furan rings is 1. The Labute approximate surface area is 108 Å². The molecule has 0 aliphatic carbocycles. The molecule has 2 rings (SSSR count). The molecule has 0 spiro atoms. The third-order valence-corrected chi connectivity index (χ3v) is 3.32. The molecule has 0 saturated heterocycles. The molecule has 0 radical (unpaired) electrons. The Kier molecular flexibility index (Phi) is 4.04. The van der Waals surface area contributed by atoms with E-state index < -0.39 is 11.8 Å². The number of halogens is 1. The molecule has 94 valence electrons. The summed E-state index contributed by atoms with van der Waals surface area (Å²) >= 11 is 1.54. The number of hydrogen-bond acceptors (Lipinski definition) is 3. The Morgan fingerprint density at radius 1 is 1.33 bits per heavy atom. The van der Waals surface area contributed by atoms with Crippen LogP contribution < -0.4 is 0 Å². The number of hydrogen-bond donors (Lipinski definition) is 1. The number of carboxylic acids is 1. The molecule has 2 aromatic rings. The number of benzene rings is 1. The minimum Gasteiger partial charge on any atom is -0.478 e. The first-order valence-corrected chi connectivity index (χ1v) is 6.43. The highest BCUT2D eigenvalue weighted by atomic mass is 32.2. The molecule has 1 aromatic heterocycles. The van der Waals surface area contributed by atoms with Gasteiger partial charge in [0.2, 0.25) is 0 Å². The summed E-state index contributed by atoms with van der Waals surface area (Å²) in [6, 6.07) is 7.52. The number of thioether (sulfide) groups is 1. The van der Waals surface area contributed by atoms with Crippen molar-refractivity contribution < 1.29 is 18.7 Å². The highest BCUT2D eigenvalue weighted by molar-refractivity contribution is 7.97. The normalized spacial score (nSPS) is 10.5. The second-order valence-electron chi connectivity index (χ2n) is 3.73. The van der Waals surface area contributed by atoms with Gasteiger partial charge in [-0.15, -0.1) is 11.8 Å². The Morgan fingerprint density at radius 3 is 2.83 bits per heavy atom. The van der Waals surface area contributed by atoms with E-state index in [1.165, 1.54) is 23.9 Å². The van der Waals surface area contributed by atoms with Gasteiger partial charge in [-0.3, -0.25) is 0 Å². The van der Waals surface area contributed by atoms with E-state index in [9.17, 15) is 9.18 Å². The summed E-state index contributed by atoms with van der Waals surface area (Å²) in [6.45, 7) is 0. The number of carboxylic acid groups (broad SMARTS) is 1. The van der Waals surface area contributed by atoms with Gasteiger partial charge in [-0.2, -0.15) is 0 Å². The lowest BCUT2D eigenvalue weighted by Gasteiger charge is -2.03. The maximum atomic E-state index is 13.2. The number of aromatic carboxylic acids is 1. The maximum absolute atomic E-state index is 13.2. The Hall–Kier alpha value is -1.75. The molecule has 18 heavy (non-hydrogen) atoms. The van der Waals surface area contributed by atoms with E-state index in [2.05, 4.69) is 0 Å². The van der Waals surface area contributed by atoms with Crippen LogP contribution in [0, 0.1) is 5.82 Å². The zero-order valence-corrected chi connectivity index (χ0v) is 10.2. The quantitative estimate of drug-likeness (QED) is 0.899. The Bertz CT molecular complexity index is 537. The van der Waals surface area contributed by atoms with Crippen LogP contribution in [0.1, 0.15) is 21.7 Å². The first-order chi connectivity index (χ1) is 8.65. The summed E-state index contributed by atoms with van der Waals surface area (Å²) in [5.74, 6) is 0.412. The highest BCUT2D eigenvalue weighted by Crippen LogP contribution is 2.20. The average molecular weight is 266 g/mol. The molecule has 1 N–H and O–H groups in total. The second-order valence-corrected chi connectivity index (χ2v) is 4.71. The van der Waals surface area contributed by atoms with Gasteiger partial charge in [-0.25, -0.2) is 9.18 Å². The first-order valence-electron chi connectivity index (χ1n) is 5.28. The Morgan fingerprint density at radius 2 is 2.17 bits per heavy atom. The summed E-state index contributed by atoms with van der Waals surface area (Å²) < 4.78 is 18.4. The largest absolute Gasteiger partial charge is 0.478 e. The molecule has 0 atom stereocenters. The topological polar surface area (TPSA) is 50.4 Å². The van der Waals surface area contributed by atoms with Crippen molar-refractivity contribution in [2.24, 2.45) is 0 Å². The zero-order valence-electron chi connectivity index (χ0n) is 9.43. The smallest absolute Gasteiger partial charge is 0.335 e. The van der Waals surface area contributed by atoms with Crippen molar-refractivity contribution in [2.75, 3.05) is 0 Å². The van der Waals surface area contributed by atoms with Gasteiger partial charge in [0.05, 0.1) is 17.6 Å². The van der Waals surface area contributed by atoms with Crippen molar-refractivity contribution in [1.29, 1.82) is 0 Å². The minimum absolute atomic E-state index is 0.0244. The molecule has 0 saturated carbocycles. The van der Waals surface area contributed by atoms with Crippen molar-refractivity contribution in [3.8, 4) is 0 Å². The monoisotopic (exact) mass is 266 g/mol. The predicted octanol–water partition coefficient (Wildman–Crippen LogP) is 3.55. The minimum atomic E-state index is -1.12. The highest BCUT2D eigenvalue weighted by Gasteiger charge is 2.07. The van der Waals surface area contributed by atoms with Crippen molar-refractivity contribution in [3.63, 3.8) is 0 Å². The molecule has 0 bridgehead atoms.